The predicted octanol–water partition coefficient (Wildman–Crippen LogP) is 5.29. The highest BCUT2D eigenvalue weighted by atomic mass is 35.5. The molecule has 1 aliphatic rings. The van der Waals surface area contributed by atoms with Crippen molar-refractivity contribution in [2.24, 2.45) is 0 Å². The van der Waals surface area contributed by atoms with Gasteiger partial charge >= 0.3 is 5.69 Å². The zero-order valence-electron chi connectivity index (χ0n) is 19.4. The Hall–Kier alpha value is -3.84. The van der Waals surface area contributed by atoms with Crippen LogP contribution in [0.1, 0.15) is 24.4 Å². The normalized spacial score (nSPS) is 15.8. The molecule has 178 valence electrons. The van der Waals surface area contributed by atoms with Gasteiger partial charge < -0.3 is 9.64 Å². The molecule has 3 heterocycles. The summed E-state index contributed by atoms with van der Waals surface area (Å²) in [5, 5.41) is 0.390. The van der Waals surface area contributed by atoms with E-state index in [0.717, 1.165) is 23.9 Å². The highest BCUT2D eigenvalue weighted by molar-refractivity contribution is 6.32. The topological polar surface area (TPSA) is 69.4 Å². The van der Waals surface area contributed by atoms with Crippen LogP contribution in [-0.4, -0.2) is 38.0 Å². The van der Waals surface area contributed by atoms with Gasteiger partial charge in [-0.05, 0) is 67.8 Å². The number of fused-ring (bicyclic) bond motifs is 1. The van der Waals surface area contributed by atoms with Gasteiger partial charge in [0.25, 0.3) is 0 Å². The van der Waals surface area contributed by atoms with E-state index in [4.69, 9.17) is 16.3 Å². The number of imidazole rings is 1. The second-order valence-electron chi connectivity index (χ2n) is 8.67. The average Bonchev–Trinajstić information content (AvgIpc) is 3.16. The Balaban J connectivity index is 1.55. The molecule has 8 heteroatoms. The fourth-order valence-corrected chi connectivity index (χ4v) is 4.90. The molecule has 2 aromatic heterocycles. The number of carbonyl (C=O) groups is 1. The maximum Gasteiger partial charge on any atom is 0.334 e. The number of rotatable bonds is 5. The minimum Gasteiger partial charge on any atom is -0.456 e. The highest BCUT2D eigenvalue weighted by Gasteiger charge is 2.28. The van der Waals surface area contributed by atoms with Crippen molar-refractivity contribution in [3.8, 4) is 17.2 Å². The summed E-state index contributed by atoms with van der Waals surface area (Å²) in [6.07, 6.45) is 6.27. The number of nitrogens with zero attached hydrogens (tertiary/aromatic N) is 4. The second-order valence-corrected chi connectivity index (χ2v) is 9.08. The molecule has 0 N–H and O–H groups in total. The number of amides is 1. The van der Waals surface area contributed by atoms with Crippen LogP contribution >= 0.6 is 11.6 Å². The van der Waals surface area contributed by atoms with Crippen molar-refractivity contribution < 1.29 is 9.53 Å². The molecule has 0 aliphatic carbocycles. The van der Waals surface area contributed by atoms with Gasteiger partial charge in [-0.1, -0.05) is 30.3 Å². The van der Waals surface area contributed by atoms with E-state index in [2.05, 4.69) is 11.6 Å². The molecule has 1 fully saturated rings. The summed E-state index contributed by atoms with van der Waals surface area (Å²) in [6.45, 7) is 6.70. The van der Waals surface area contributed by atoms with Gasteiger partial charge in [0.15, 0.2) is 0 Å². The fourth-order valence-electron chi connectivity index (χ4n) is 4.68. The molecule has 2 aromatic carbocycles. The number of benzene rings is 2. The first-order chi connectivity index (χ1) is 17.0. The summed E-state index contributed by atoms with van der Waals surface area (Å²) in [7, 11) is 0. The smallest absolute Gasteiger partial charge is 0.334 e. The van der Waals surface area contributed by atoms with Crippen LogP contribution in [0.2, 0.25) is 5.02 Å². The fraction of sp³-hybridized carbons (Fsp3) is 0.222. The molecular weight excluding hydrogens is 464 g/mol. The molecule has 0 bridgehead atoms. The van der Waals surface area contributed by atoms with Gasteiger partial charge in [-0.25, -0.2) is 4.79 Å². The molecule has 4 aromatic rings. The molecular formula is C27H25ClN4O3. The molecule has 5 rings (SSSR count). The van der Waals surface area contributed by atoms with Crippen LogP contribution < -0.4 is 10.4 Å². The summed E-state index contributed by atoms with van der Waals surface area (Å²) in [4.78, 5) is 32.0. The third kappa shape index (κ3) is 4.35. The van der Waals surface area contributed by atoms with Crippen molar-refractivity contribution in [1.82, 2.24) is 19.0 Å². The van der Waals surface area contributed by atoms with Gasteiger partial charge in [-0.15, -0.1) is 0 Å². The lowest BCUT2D eigenvalue weighted by molar-refractivity contribution is -0.127. The quantitative estimate of drug-likeness (QED) is 0.358. The van der Waals surface area contributed by atoms with E-state index in [9.17, 15) is 9.59 Å². The van der Waals surface area contributed by atoms with Crippen LogP contribution in [0, 0.1) is 6.92 Å². The number of likely N-dealkylation sites (tertiary alicyclic amines) is 1. The van der Waals surface area contributed by atoms with Crippen molar-refractivity contribution in [1.29, 1.82) is 0 Å². The lowest BCUT2D eigenvalue weighted by atomic mass is 10.1. The van der Waals surface area contributed by atoms with E-state index in [1.54, 1.807) is 38.6 Å². The summed E-state index contributed by atoms with van der Waals surface area (Å²) >= 11 is 6.58. The highest BCUT2D eigenvalue weighted by Crippen LogP contribution is 2.33. The van der Waals surface area contributed by atoms with Crippen LogP contribution in [0.4, 0.5) is 0 Å². The number of halogens is 1. The number of aromatic nitrogens is 3. The van der Waals surface area contributed by atoms with Gasteiger partial charge in [-0.2, -0.15) is 0 Å². The Bertz CT molecular complexity index is 1490. The minimum absolute atomic E-state index is 0.121. The van der Waals surface area contributed by atoms with E-state index in [1.165, 1.54) is 6.08 Å². The average molecular weight is 489 g/mol. The van der Waals surface area contributed by atoms with Crippen molar-refractivity contribution >= 4 is 28.5 Å². The van der Waals surface area contributed by atoms with Crippen LogP contribution in [0.25, 0.3) is 16.7 Å². The molecule has 1 atom stereocenters. The lowest BCUT2D eigenvalue weighted by Gasteiger charge is -2.32. The van der Waals surface area contributed by atoms with Crippen molar-refractivity contribution in [2.45, 2.75) is 25.8 Å². The second kappa shape index (κ2) is 9.43. The van der Waals surface area contributed by atoms with E-state index in [1.807, 2.05) is 43.3 Å². The summed E-state index contributed by atoms with van der Waals surface area (Å²) in [6, 6.07) is 14.7. The van der Waals surface area contributed by atoms with E-state index >= 15 is 0 Å². The summed E-state index contributed by atoms with van der Waals surface area (Å²) < 4.78 is 9.34. The van der Waals surface area contributed by atoms with Crippen LogP contribution in [0.5, 0.6) is 11.5 Å². The van der Waals surface area contributed by atoms with E-state index < -0.39 is 0 Å². The lowest BCUT2D eigenvalue weighted by Crippen LogP contribution is -2.42. The molecule has 0 unspecified atom stereocenters. The molecule has 35 heavy (non-hydrogen) atoms. The first-order valence-electron chi connectivity index (χ1n) is 11.5. The van der Waals surface area contributed by atoms with Crippen molar-refractivity contribution in [3.05, 3.63) is 94.6 Å². The van der Waals surface area contributed by atoms with Gasteiger partial charge in [0.2, 0.25) is 5.91 Å². The zero-order valence-corrected chi connectivity index (χ0v) is 20.1. The minimum atomic E-state index is -0.200. The largest absolute Gasteiger partial charge is 0.456 e. The Kier molecular flexibility index (Phi) is 6.17. The van der Waals surface area contributed by atoms with Crippen molar-refractivity contribution in [2.75, 3.05) is 13.1 Å². The molecule has 7 nitrogen and oxygen atoms in total. The van der Waals surface area contributed by atoms with Crippen LogP contribution in [-0.2, 0) is 4.79 Å². The summed E-state index contributed by atoms with van der Waals surface area (Å²) in [5.74, 6) is 1.07. The van der Waals surface area contributed by atoms with E-state index in [0.29, 0.717) is 40.8 Å². The first-order valence-corrected chi connectivity index (χ1v) is 11.9. The number of piperidine rings is 1. The summed E-state index contributed by atoms with van der Waals surface area (Å²) in [5.41, 5.74) is 2.93. The number of hydrogen-bond acceptors (Lipinski definition) is 4. The number of carbonyl (C=O) groups excluding carboxylic acids is 1. The van der Waals surface area contributed by atoms with Gasteiger partial charge in [0.05, 0.1) is 34.0 Å². The maximum atomic E-state index is 13.8. The van der Waals surface area contributed by atoms with Gasteiger partial charge in [0.1, 0.15) is 11.5 Å². The molecule has 1 saturated heterocycles. The Morgan fingerprint density at radius 1 is 1.20 bits per heavy atom. The number of ether oxygens (including phenoxy) is 1. The van der Waals surface area contributed by atoms with Gasteiger partial charge in [-0.3, -0.25) is 18.9 Å². The first kappa shape index (κ1) is 22.9. The molecule has 0 radical (unpaired) electrons. The van der Waals surface area contributed by atoms with Crippen molar-refractivity contribution in [3.63, 3.8) is 0 Å². The van der Waals surface area contributed by atoms with Crippen LogP contribution in [0.3, 0.4) is 0 Å². The number of pyridine rings is 1. The standard InChI is InChI=1S/C27H25ClN4O3/c1-3-26(33)30-13-5-7-20(17-30)32-23-11-12-29-16-24(23)31(27(32)34)19-9-10-25(22(28)15-19)35-21-8-4-6-18(2)14-21/h3-4,6,8-12,14-16,20H,1,5,7,13,17H2,2H3/t20-/m1/s1. The predicted molar refractivity (Wildman–Crippen MR) is 137 cm³/mol. The third-order valence-corrected chi connectivity index (χ3v) is 6.61. The Morgan fingerprint density at radius 2 is 2.06 bits per heavy atom. The molecule has 1 aliphatic heterocycles. The molecule has 1 amide bonds. The number of hydrogen-bond donors (Lipinski definition) is 0. The Labute approximate surface area is 207 Å². The number of aryl methyl sites for hydroxylation is 1. The molecule has 0 saturated carbocycles. The zero-order chi connectivity index (χ0) is 24.5. The molecule has 0 spiro atoms. The van der Waals surface area contributed by atoms with Crippen LogP contribution in [0.15, 0.2) is 78.4 Å². The third-order valence-electron chi connectivity index (χ3n) is 6.31. The maximum absolute atomic E-state index is 13.8. The van der Waals surface area contributed by atoms with E-state index in [-0.39, 0.29) is 17.6 Å². The van der Waals surface area contributed by atoms with Gasteiger partial charge in [0, 0.05) is 19.3 Å². The Morgan fingerprint density at radius 3 is 2.83 bits per heavy atom. The SMILES string of the molecule is C=CC(=O)N1CCC[C@@H](n2c(=O)n(-c3ccc(Oc4cccc(C)c4)c(Cl)c3)c3cnccc32)C1. The monoisotopic (exact) mass is 488 g/mol.